The maximum atomic E-state index is 10.6. The standard InChI is InChI=1S/C10H16N4O/c1-7-3-4-13-10(9(7)11)14-6-5-12-8(2)15/h3-4H,5-6,11H2,1-2H3,(H,12,15)(H,13,14). The van der Waals surface area contributed by atoms with Crippen LogP contribution in [0, 0.1) is 6.92 Å². The van der Waals surface area contributed by atoms with Crippen LogP contribution in [0.3, 0.4) is 0 Å². The Hall–Kier alpha value is -1.78. The van der Waals surface area contributed by atoms with Crippen molar-refractivity contribution in [2.45, 2.75) is 13.8 Å². The highest BCUT2D eigenvalue weighted by molar-refractivity contribution is 5.72. The number of aromatic nitrogens is 1. The number of nitrogens with zero attached hydrogens (tertiary/aromatic N) is 1. The summed E-state index contributed by atoms with van der Waals surface area (Å²) in [4.78, 5) is 14.7. The summed E-state index contributed by atoms with van der Waals surface area (Å²) in [6.07, 6.45) is 1.70. The molecule has 0 radical (unpaired) electrons. The van der Waals surface area contributed by atoms with E-state index in [4.69, 9.17) is 5.73 Å². The second-order valence-corrected chi connectivity index (χ2v) is 3.30. The molecule has 1 aromatic rings. The third-order valence-electron chi connectivity index (χ3n) is 2.00. The van der Waals surface area contributed by atoms with E-state index in [0.717, 1.165) is 5.56 Å². The van der Waals surface area contributed by atoms with E-state index in [9.17, 15) is 4.79 Å². The van der Waals surface area contributed by atoms with Gasteiger partial charge >= 0.3 is 0 Å². The number of hydrogen-bond acceptors (Lipinski definition) is 4. The number of pyridine rings is 1. The van der Waals surface area contributed by atoms with Crippen LogP contribution in [0.1, 0.15) is 12.5 Å². The van der Waals surface area contributed by atoms with Crippen molar-refractivity contribution in [3.63, 3.8) is 0 Å². The van der Waals surface area contributed by atoms with Crippen molar-refractivity contribution < 1.29 is 4.79 Å². The van der Waals surface area contributed by atoms with Crippen molar-refractivity contribution in [3.8, 4) is 0 Å². The molecule has 0 bridgehead atoms. The van der Waals surface area contributed by atoms with Gasteiger partial charge < -0.3 is 16.4 Å². The summed E-state index contributed by atoms with van der Waals surface area (Å²) in [6.45, 7) is 4.58. The smallest absolute Gasteiger partial charge is 0.216 e. The lowest BCUT2D eigenvalue weighted by atomic mass is 10.2. The van der Waals surface area contributed by atoms with Gasteiger partial charge in [0.1, 0.15) is 5.82 Å². The minimum atomic E-state index is -0.0398. The molecule has 0 spiro atoms. The molecule has 82 valence electrons. The number of nitrogens with one attached hydrogen (secondary N) is 2. The normalized spacial score (nSPS) is 9.73. The maximum Gasteiger partial charge on any atom is 0.216 e. The van der Waals surface area contributed by atoms with Crippen molar-refractivity contribution in [3.05, 3.63) is 17.8 Å². The van der Waals surface area contributed by atoms with E-state index in [-0.39, 0.29) is 5.91 Å². The average molecular weight is 208 g/mol. The number of nitrogens with two attached hydrogens (primary N) is 1. The van der Waals surface area contributed by atoms with Gasteiger partial charge in [0.2, 0.25) is 5.91 Å². The highest BCUT2D eigenvalue weighted by Gasteiger charge is 2.01. The summed E-state index contributed by atoms with van der Waals surface area (Å²) in [5, 5.41) is 5.74. The topological polar surface area (TPSA) is 80.0 Å². The summed E-state index contributed by atoms with van der Waals surface area (Å²) in [5.41, 5.74) is 7.46. The van der Waals surface area contributed by atoms with Gasteiger partial charge in [0, 0.05) is 26.2 Å². The third-order valence-corrected chi connectivity index (χ3v) is 2.00. The summed E-state index contributed by atoms with van der Waals surface area (Å²) in [5.74, 6) is 0.627. The predicted molar refractivity (Wildman–Crippen MR) is 60.6 cm³/mol. The number of anilines is 2. The molecule has 1 amide bonds. The minimum Gasteiger partial charge on any atom is -0.396 e. The van der Waals surface area contributed by atoms with Crippen LogP contribution >= 0.6 is 0 Å². The van der Waals surface area contributed by atoms with Gasteiger partial charge in [-0.2, -0.15) is 0 Å². The molecule has 0 atom stereocenters. The molecule has 0 aliphatic heterocycles. The average Bonchev–Trinajstić information content (AvgIpc) is 2.18. The summed E-state index contributed by atoms with van der Waals surface area (Å²) < 4.78 is 0. The van der Waals surface area contributed by atoms with E-state index in [0.29, 0.717) is 24.6 Å². The molecule has 5 nitrogen and oxygen atoms in total. The second-order valence-electron chi connectivity index (χ2n) is 3.30. The number of carbonyl (C=O) groups is 1. The number of carbonyl (C=O) groups excluding carboxylic acids is 1. The largest absolute Gasteiger partial charge is 0.396 e. The Balaban J connectivity index is 2.44. The lowest BCUT2D eigenvalue weighted by molar-refractivity contribution is -0.118. The molecule has 0 saturated carbocycles. The van der Waals surface area contributed by atoms with Crippen LogP contribution in [-0.2, 0) is 4.79 Å². The Labute approximate surface area is 89.1 Å². The van der Waals surface area contributed by atoms with Crippen molar-refractivity contribution >= 4 is 17.4 Å². The van der Waals surface area contributed by atoms with Crippen LogP contribution in [0.25, 0.3) is 0 Å². The zero-order valence-corrected chi connectivity index (χ0v) is 9.00. The first-order valence-corrected chi connectivity index (χ1v) is 4.80. The fraction of sp³-hybridized carbons (Fsp3) is 0.400. The highest BCUT2D eigenvalue weighted by atomic mass is 16.1. The number of amides is 1. The summed E-state index contributed by atoms with van der Waals surface area (Å²) in [6, 6.07) is 1.86. The van der Waals surface area contributed by atoms with Gasteiger partial charge in [0.25, 0.3) is 0 Å². The molecule has 0 unspecified atom stereocenters. The van der Waals surface area contributed by atoms with Crippen LogP contribution in [-0.4, -0.2) is 24.0 Å². The Morgan fingerprint density at radius 1 is 1.53 bits per heavy atom. The Kier molecular flexibility index (Phi) is 3.91. The Morgan fingerprint density at radius 3 is 2.93 bits per heavy atom. The van der Waals surface area contributed by atoms with E-state index in [1.165, 1.54) is 6.92 Å². The lowest BCUT2D eigenvalue weighted by Crippen LogP contribution is -2.26. The van der Waals surface area contributed by atoms with E-state index < -0.39 is 0 Å². The van der Waals surface area contributed by atoms with Gasteiger partial charge in [-0.3, -0.25) is 4.79 Å². The molecule has 0 aliphatic rings. The van der Waals surface area contributed by atoms with Gasteiger partial charge in [-0.25, -0.2) is 4.98 Å². The molecule has 1 heterocycles. The van der Waals surface area contributed by atoms with E-state index in [1.54, 1.807) is 6.20 Å². The highest BCUT2D eigenvalue weighted by Crippen LogP contribution is 2.17. The van der Waals surface area contributed by atoms with Crippen LogP contribution in [0.5, 0.6) is 0 Å². The molecular formula is C10H16N4O. The number of rotatable bonds is 4. The molecule has 1 aromatic heterocycles. The van der Waals surface area contributed by atoms with Crippen LogP contribution in [0.2, 0.25) is 0 Å². The van der Waals surface area contributed by atoms with Gasteiger partial charge in [-0.05, 0) is 18.6 Å². The molecule has 5 heteroatoms. The van der Waals surface area contributed by atoms with Gasteiger partial charge in [-0.1, -0.05) is 0 Å². The van der Waals surface area contributed by atoms with Crippen LogP contribution in [0.4, 0.5) is 11.5 Å². The number of hydrogen-bond donors (Lipinski definition) is 3. The number of nitrogen functional groups attached to an aromatic ring is 1. The van der Waals surface area contributed by atoms with E-state index in [1.807, 2.05) is 13.0 Å². The lowest BCUT2D eigenvalue weighted by Gasteiger charge is -2.09. The fourth-order valence-electron chi connectivity index (χ4n) is 1.13. The first kappa shape index (κ1) is 11.3. The van der Waals surface area contributed by atoms with Crippen molar-refractivity contribution in [1.82, 2.24) is 10.3 Å². The first-order chi connectivity index (χ1) is 7.11. The van der Waals surface area contributed by atoms with E-state index >= 15 is 0 Å². The molecular weight excluding hydrogens is 192 g/mol. The zero-order valence-electron chi connectivity index (χ0n) is 9.00. The summed E-state index contributed by atoms with van der Waals surface area (Å²) >= 11 is 0. The molecule has 4 N–H and O–H groups in total. The minimum absolute atomic E-state index is 0.0398. The molecule has 0 aromatic carbocycles. The molecule has 0 fully saturated rings. The molecule has 15 heavy (non-hydrogen) atoms. The molecule has 0 saturated heterocycles. The van der Waals surface area contributed by atoms with Crippen LogP contribution in [0.15, 0.2) is 12.3 Å². The second kappa shape index (κ2) is 5.19. The third kappa shape index (κ3) is 3.46. The number of aryl methyl sites for hydroxylation is 1. The quantitative estimate of drug-likeness (QED) is 0.630. The Bertz CT molecular complexity index is 351. The molecule has 1 rings (SSSR count). The maximum absolute atomic E-state index is 10.6. The van der Waals surface area contributed by atoms with Crippen LogP contribution < -0.4 is 16.4 Å². The van der Waals surface area contributed by atoms with Gasteiger partial charge in [-0.15, -0.1) is 0 Å². The van der Waals surface area contributed by atoms with E-state index in [2.05, 4.69) is 15.6 Å². The van der Waals surface area contributed by atoms with Gasteiger partial charge in [0.05, 0.1) is 5.69 Å². The Morgan fingerprint density at radius 2 is 2.27 bits per heavy atom. The zero-order chi connectivity index (χ0) is 11.3. The van der Waals surface area contributed by atoms with Crippen molar-refractivity contribution in [1.29, 1.82) is 0 Å². The van der Waals surface area contributed by atoms with Crippen molar-refractivity contribution in [2.24, 2.45) is 0 Å². The predicted octanol–water partition coefficient (Wildman–Crippen LogP) is 0.520. The molecule has 0 aliphatic carbocycles. The first-order valence-electron chi connectivity index (χ1n) is 4.80. The fourth-order valence-corrected chi connectivity index (χ4v) is 1.13. The van der Waals surface area contributed by atoms with Gasteiger partial charge in [0.15, 0.2) is 0 Å². The van der Waals surface area contributed by atoms with Crippen molar-refractivity contribution in [2.75, 3.05) is 24.1 Å². The monoisotopic (exact) mass is 208 g/mol. The SMILES string of the molecule is CC(=O)NCCNc1nccc(C)c1N. The summed E-state index contributed by atoms with van der Waals surface area (Å²) in [7, 11) is 0.